The molecule has 3 aromatic rings. The Hall–Kier alpha value is -3.07. The Morgan fingerprint density at radius 3 is 2.53 bits per heavy atom. The number of aromatic nitrogens is 1. The second kappa shape index (κ2) is 9.20. The molecule has 4 N–H and O–H groups in total. The topological polar surface area (TPSA) is 80.0 Å². The number of halogens is 3. The molecule has 1 fully saturated rings. The Balaban J connectivity index is 1.34. The fraction of sp³-hybridized carbons (Fsp3) is 0.304. The van der Waals surface area contributed by atoms with Crippen LogP contribution in [0.15, 0.2) is 54.4 Å². The lowest BCUT2D eigenvalue weighted by atomic mass is 9.90. The van der Waals surface area contributed by atoms with Crippen LogP contribution in [0.1, 0.15) is 36.3 Å². The molecule has 1 aromatic carbocycles. The predicted octanol–water partition coefficient (Wildman–Crippen LogP) is 5.15. The van der Waals surface area contributed by atoms with Crippen molar-refractivity contribution in [3.63, 3.8) is 0 Å². The predicted molar refractivity (Wildman–Crippen MR) is 121 cm³/mol. The summed E-state index contributed by atoms with van der Waals surface area (Å²) in [6.07, 6.45) is 1.93. The summed E-state index contributed by atoms with van der Waals surface area (Å²) in [5.74, 6) is -0.324. The number of pyridine rings is 1. The minimum atomic E-state index is -4.34. The zero-order chi connectivity index (χ0) is 22.7. The number of fused-ring (bicyclic) bond motifs is 1. The van der Waals surface area contributed by atoms with Crippen LogP contribution in [0.5, 0.6) is 0 Å². The maximum Gasteiger partial charge on any atom is 0.425 e. The summed E-state index contributed by atoms with van der Waals surface area (Å²) in [6.45, 7) is 0. The number of amides is 1. The van der Waals surface area contributed by atoms with E-state index in [1.807, 2.05) is 12.1 Å². The molecule has 32 heavy (non-hydrogen) atoms. The Morgan fingerprint density at radius 1 is 1.09 bits per heavy atom. The number of rotatable bonds is 5. The SMILES string of the molecule is N/C(=C\c1ccccn1)C(=O)NC1CCC(Nc2cccc3sc(C(F)(F)F)cc23)CC1. The van der Waals surface area contributed by atoms with Crippen molar-refractivity contribution in [1.82, 2.24) is 10.3 Å². The fourth-order valence-electron chi connectivity index (χ4n) is 3.88. The molecular formula is C23H23F3N4OS. The molecule has 0 spiro atoms. The first-order valence-electron chi connectivity index (χ1n) is 10.3. The van der Waals surface area contributed by atoms with Gasteiger partial charge in [0.2, 0.25) is 0 Å². The molecular weight excluding hydrogens is 437 g/mol. The van der Waals surface area contributed by atoms with E-state index < -0.39 is 11.1 Å². The van der Waals surface area contributed by atoms with Crippen molar-refractivity contribution in [1.29, 1.82) is 0 Å². The second-order valence-corrected chi connectivity index (χ2v) is 8.93. The van der Waals surface area contributed by atoms with Crippen LogP contribution >= 0.6 is 11.3 Å². The van der Waals surface area contributed by atoms with Gasteiger partial charge >= 0.3 is 6.18 Å². The summed E-state index contributed by atoms with van der Waals surface area (Å²) in [5, 5.41) is 6.95. The summed E-state index contributed by atoms with van der Waals surface area (Å²) in [5.41, 5.74) is 7.33. The molecule has 0 aliphatic heterocycles. The largest absolute Gasteiger partial charge is 0.425 e. The van der Waals surface area contributed by atoms with Crippen molar-refractivity contribution in [3.8, 4) is 0 Å². The van der Waals surface area contributed by atoms with Crippen LogP contribution in [0.25, 0.3) is 16.2 Å². The van der Waals surface area contributed by atoms with Gasteiger partial charge in [0.05, 0.1) is 11.4 Å². The first-order valence-corrected chi connectivity index (χ1v) is 11.2. The summed E-state index contributed by atoms with van der Waals surface area (Å²) < 4.78 is 39.9. The average Bonchev–Trinajstić information content (AvgIpc) is 3.22. The molecule has 0 saturated heterocycles. The Morgan fingerprint density at radius 2 is 1.84 bits per heavy atom. The number of carbonyl (C=O) groups excluding carboxylic acids is 1. The van der Waals surface area contributed by atoms with Crippen LogP contribution in [0, 0.1) is 0 Å². The van der Waals surface area contributed by atoms with Gasteiger partial charge in [-0.25, -0.2) is 0 Å². The number of anilines is 1. The van der Waals surface area contributed by atoms with E-state index in [0.717, 1.165) is 37.0 Å². The number of thiophene rings is 1. The molecule has 1 aliphatic rings. The second-order valence-electron chi connectivity index (χ2n) is 7.85. The van der Waals surface area contributed by atoms with Gasteiger partial charge in [0.15, 0.2) is 0 Å². The van der Waals surface area contributed by atoms with E-state index >= 15 is 0 Å². The monoisotopic (exact) mass is 460 g/mol. The van der Waals surface area contributed by atoms with Crippen LogP contribution in [0.2, 0.25) is 0 Å². The van der Waals surface area contributed by atoms with Gasteiger partial charge < -0.3 is 16.4 Å². The van der Waals surface area contributed by atoms with Crippen molar-refractivity contribution in [3.05, 3.63) is 64.9 Å². The number of hydrogen-bond donors (Lipinski definition) is 3. The molecule has 0 unspecified atom stereocenters. The highest BCUT2D eigenvalue weighted by molar-refractivity contribution is 7.19. The van der Waals surface area contributed by atoms with Crippen LogP contribution in [-0.2, 0) is 11.0 Å². The minimum absolute atomic E-state index is 0.00463. The molecule has 4 rings (SSSR count). The van der Waals surface area contributed by atoms with E-state index in [9.17, 15) is 18.0 Å². The lowest BCUT2D eigenvalue weighted by Crippen LogP contribution is -2.41. The van der Waals surface area contributed by atoms with Crippen LogP contribution in [0.4, 0.5) is 18.9 Å². The van der Waals surface area contributed by atoms with Gasteiger partial charge in [0, 0.05) is 34.1 Å². The molecule has 1 saturated carbocycles. The van der Waals surface area contributed by atoms with E-state index in [1.54, 1.807) is 36.5 Å². The van der Waals surface area contributed by atoms with Crippen molar-refractivity contribution < 1.29 is 18.0 Å². The van der Waals surface area contributed by atoms with Crippen molar-refractivity contribution in [2.45, 2.75) is 43.9 Å². The lowest BCUT2D eigenvalue weighted by Gasteiger charge is -2.30. The number of carbonyl (C=O) groups is 1. The molecule has 168 valence electrons. The number of nitrogens with zero attached hydrogens (tertiary/aromatic N) is 1. The number of alkyl halides is 3. The fourth-order valence-corrected chi connectivity index (χ4v) is 4.84. The van der Waals surface area contributed by atoms with E-state index in [2.05, 4.69) is 15.6 Å². The Kier molecular flexibility index (Phi) is 6.36. The minimum Gasteiger partial charge on any atom is -0.394 e. The maximum atomic E-state index is 13.1. The first kappa shape index (κ1) is 22.1. The average molecular weight is 461 g/mol. The van der Waals surface area contributed by atoms with Gasteiger partial charge in [-0.2, -0.15) is 13.2 Å². The number of benzene rings is 1. The highest BCUT2D eigenvalue weighted by Gasteiger charge is 2.33. The third kappa shape index (κ3) is 5.21. The van der Waals surface area contributed by atoms with Gasteiger partial charge in [-0.3, -0.25) is 9.78 Å². The normalized spacial score (nSPS) is 19.7. The van der Waals surface area contributed by atoms with E-state index in [-0.39, 0.29) is 23.7 Å². The number of nitrogens with two attached hydrogens (primary N) is 1. The third-order valence-corrected chi connectivity index (χ3v) is 6.66. The number of hydrogen-bond acceptors (Lipinski definition) is 5. The molecule has 1 aliphatic carbocycles. The van der Waals surface area contributed by atoms with E-state index in [1.165, 1.54) is 6.07 Å². The maximum absolute atomic E-state index is 13.1. The molecule has 2 aromatic heterocycles. The van der Waals surface area contributed by atoms with E-state index in [4.69, 9.17) is 5.73 Å². The lowest BCUT2D eigenvalue weighted by molar-refractivity contribution is -0.134. The molecule has 0 bridgehead atoms. The smallest absolute Gasteiger partial charge is 0.394 e. The highest BCUT2D eigenvalue weighted by atomic mass is 32.1. The molecule has 5 nitrogen and oxygen atoms in total. The van der Waals surface area contributed by atoms with Crippen LogP contribution in [0.3, 0.4) is 0 Å². The highest BCUT2D eigenvalue weighted by Crippen LogP contribution is 2.40. The zero-order valence-electron chi connectivity index (χ0n) is 17.2. The van der Waals surface area contributed by atoms with Gasteiger partial charge in [-0.15, -0.1) is 11.3 Å². The van der Waals surface area contributed by atoms with Gasteiger partial charge in [-0.1, -0.05) is 12.1 Å². The van der Waals surface area contributed by atoms with Crippen LogP contribution in [-0.4, -0.2) is 23.0 Å². The summed E-state index contributed by atoms with van der Waals surface area (Å²) in [4.78, 5) is 15.9. The van der Waals surface area contributed by atoms with Gasteiger partial charge in [0.25, 0.3) is 5.91 Å². The zero-order valence-corrected chi connectivity index (χ0v) is 18.0. The molecule has 0 radical (unpaired) electrons. The van der Waals surface area contributed by atoms with Crippen molar-refractivity contribution in [2.24, 2.45) is 5.73 Å². The van der Waals surface area contributed by atoms with Crippen molar-refractivity contribution >= 4 is 39.1 Å². The Bertz CT molecular complexity index is 1120. The molecule has 1 amide bonds. The van der Waals surface area contributed by atoms with Crippen molar-refractivity contribution in [2.75, 3.05) is 5.32 Å². The summed E-state index contributed by atoms with van der Waals surface area (Å²) in [7, 11) is 0. The Labute approximate surface area is 187 Å². The van der Waals surface area contributed by atoms with E-state index in [0.29, 0.717) is 21.5 Å². The molecule has 9 heteroatoms. The summed E-state index contributed by atoms with van der Waals surface area (Å²) >= 11 is 0.757. The molecule has 0 atom stereocenters. The molecule has 2 heterocycles. The standard InChI is InChI=1S/C23H23F3N4OS/c24-23(25,26)21-13-17-19(5-3-6-20(17)32-21)29-14-7-9-15(10-8-14)30-22(31)18(27)12-16-4-1-2-11-28-16/h1-6,11-15,29H,7-10,27H2,(H,30,31)/b18-12-. The summed E-state index contributed by atoms with van der Waals surface area (Å²) in [6, 6.07) is 12.0. The first-order chi connectivity index (χ1) is 15.3. The quantitative estimate of drug-likeness (QED) is 0.460. The number of nitrogens with one attached hydrogen (secondary N) is 2. The third-order valence-electron chi connectivity index (χ3n) is 5.52. The van der Waals surface area contributed by atoms with Gasteiger partial charge in [-0.05, 0) is 62.1 Å². The van der Waals surface area contributed by atoms with Crippen LogP contribution < -0.4 is 16.4 Å². The van der Waals surface area contributed by atoms with Gasteiger partial charge in [0.1, 0.15) is 4.88 Å².